The lowest BCUT2D eigenvalue weighted by atomic mass is 9.80. The Morgan fingerprint density at radius 1 is 0.785 bits per heavy atom. The van der Waals surface area contributed by atoms with Crippen molar-refractivity contribution >= 4 is 11.3 Å². The van der Waals surface area contributed by atoms with Crippen molar-refractivity contribution in [1.29, 1.82) is 0 Å². The third-order valence-corrected chi connectivity index (χ3v) is 10.3. The van der Waals surface area contributed by atoms with E-state index in [2.05, 4.69) is 214 Å². The van der Waals surface area contributed by atoms with E-state index in [9.17, 15) is 0 Å². The van der Waals surface area contributed by atoms with Crippen LogP contribution in [0.1, 0.15) is 172 Å². The van der Waals surface area contributed by atoms with Crippen LogP contribution in [0.3, 0.4) is 0 Å². The van der Waals surface area contributed by atoms with Crippen LogP contribution in [0.4, 0.5) is 5.69 Å². The molecule has 360 valence electrons. The zero-order valence-electron chi connectivity index (χ0n) is 45.2. The maximum absolute atomic E-state index is 4.77. The molecule has 5 rings (SSSR count). The summed E-state index contributed by atoms with van der Waals surface area (Å²) >= 11 is 0. The van der Waals surface area contributed by atoms with Gasteiger partial charge in [0.1, 0.15) is 0 Å². The summed E-state index contributed by atoms with van der Waals surface area (Å²) in [5, 5.41) is 0. The molecule has 3 aliphatic rings. The Balaban J connectivity index is -0.00000200. The van der Waals surface area contributed by atoms with Crippen LogP contribution in [-0.2, 0) is 0 Å². The summed E-state index contributed by atoms with van der Waals surface area (Å²) in [6, 6.07) is 17.6. The van der Waals surface area contributed by atoms with E-state index in [1.165, 1.54) is 58.5 Å². The molecule has 2 unspecified atom stereocenters. The molecule has 0 spiro atoms. The number of hydrogen-bond donors (Lipinski definition) is 0. The van der Waals surface area contributed by atoms with Crippen LogP contribution in [0, 0.1) is 19.8 Å². The van der Waals surface area contributed by atoms with Gasteiger partial charge >= 0.3 is 0 Å². The van der Waals surface area contributed by atoms with Crippen molar-refractivity contribution in [2.75, 3.05) is 4.90 Å². The van der Waals surface area contributed by atoms with Crippen LogP contribution in [0.25, 0.3) is 5.57 Å². The number of unbranched alkanes of at least 4 members (excludes halogenated alkanes) is 1. The molecule has 1 heterocycles. The molecule has 2 heteroatoms. The van der Waals surface area contributed by atoms with E-state index in [1.54, 1.807) is 0 Å². The highest BCUT2D eigenvalue weighted by molar-refractivity contribution is 5.77. The zero-order chi connectivity index (χ0) is 50.3. The molecule has 0 fully saturated rings. The van der Waals surface area contributed by atoms with Crippen LogP contribution in [-0.4, -0.2) is 10.9 Å². The highest BCUT2D eigenvalue weighted by Crippen LogP contribution is 2.41. The second kappa shape index (κ2) is 40.4. The van der Waals surface area contributed by atoms with Gasteiger partial charge in [0, 0.05) is 40.4 Å². The van der Waals surface area contributed by atoms with E-state index in [0.717, 1.165) is 60.3 Å². The van der Waals surface area contributed by atoms with Crippen molar-refractivity contribution in [2.45, 2.75) is 175 Å². The Morgan fingerprint density at radius 2 is 1.35 bits per heavy atom. The molecule has 0 amide bonds. The van der Waals surface area contributed by atoms with Gasteiger partial charge < -0.3 is 9.80 Å². The van der Waals surface area contributed by atoms with E-state index in [4.69, 9.17) is 6.58 Å². The predicted molar refractivity (Wildman–Crippen MR) is 302 cm³/mol. The van der Waals surface area contributed by atoms with Crippen LogP contribution < -0.4 is 4.90 Å². The topological polar surface area (TPSA) is 6.48 Å². The Labute approximate surface area is 404 Å². The summed E-state index contributed by atoms with van der Waals surface area (Å²) in [6.45, 7) is 55.6. The molecule has 0 aromatic heterocycles. The second-order valence-corrected chi connectivity index (χ2v) is 14.9. The van der Waals surface area contributed by atoms with Gasteiger partial charge in [0.25, 0.3) is 0 Å². The minimum absolute atomic E-state index is 0.121. The number of anilines is 1. The van der Waals surface area contributed by atoms with Gasteiger partial charge in [-0.05, 0) is 129 Å². The molecule has 1 aliphatic heterocycles. The fourth-order valence-electron chi connectivity index (χ4n) is 7.08. The third kappa shape index (κ3) is 21.6. The smallest absolute Gasteiger partial charge is 0.0453 e. The molecule has 2 aromatic carbocycles. The van der Waals surface area contributed by atoms with Gasteiger partial charge in [-0.15, -0.1) is 13.2 Å². The van der Waals surface area contributed by atoms with Crippen molar-refractivity contribution in [1.82, 2.24) is 4.90 Å². The van der Waals surface area contributed by atoms with E-state index < -0.39 is 0 Å². The van der Waals surface area contributed by atoms with E-state index in [-0.39, 0.29) is 5.92 Å². The molecular weight excluding hydrogens is 785 g/mol. The SMILES string of the molecule is C=C.C=C(/C=C\C(=C/C)N1C(=C)/C=C\C=C/CC2=C1C=CCC2)C1=CC(C(=C)N(c2ccccc2)C(C)CC)CC(c2c(C)cccc2C)=C1.CC.CC.CC.CC.CCC.CCCC. The molecule has 0 bridgehead atoms. The first kappa shape index (κ1) is 64.2. The lowest BCUT2D eigenvalue weighted by molar-refractivity contribution is 0.560. The van der Waals surface area contributed by atoms with E-state index in [0.29, 0.717) is 6.04 Å². The molecule has 2 nitrogen and oxygen atoms in total. The average Bonchev–Trinajstić information content (AvgIpc) is 3.44. The minimum Gasteiger partial charge on any atom is -0.342 e. The van der Waals surface area contributed by atoms with E-state index >= 15 is 0 Å². The number of hydrogen-bond acceptors (Lipinski definition) is 2. The van der Waals surface area contributed by atoms with Gasteiger partial charge in [-0.2, -0.15) is 0 Å². The number of aryl methyl sites for hydroxylation is 2. The fourth-order valence-corrected chi connectivity index (χ4v) is 7.08. The molecule has 65 heavy (non-hydrogen) atoms. The highest BCUT2D eigenvalue weighted by Gasteiger charge is 2.27. The highest BCUT2D eigenvalue weighted by atomic mass is 15.2. The minimum atomic E-state index is 0.121. The number of nitrogens with zero attached hydrogens (tertiary/aromatic N) is 2. The molecule has 2 aromatic rings. The maximum Gasteiger partial charge on any atom is 0.0453 e. The van der Waals surface area contributed by atoms with Gasteiger partial charge in [-0.3, -0.25) is 0 Å². The fraction of sp³-hybridized carbons (Fsp3) is 0.429. The van der Waals surface area contributed by atoms with Crippen molar-refractivity contribution in [3.8, 4) is 0 Å². The van der Waals surface area contributed by atoms with E-state index in [1.807, 2.05) is 55.4 Å². The first-order valence-electron chi connectivity index (χ1n) is 25.3. The van der Waals surface area contributed by atoms with Crippen molar-refractivity contribution in [3.05, 3.63) is 204 Å². The zero-order valence-corrected chi connectivity index (χ0v) is 45.2. The van der Waals surface area contributed by atoms with Crippen molar-refractivity contribution < 1.29 is 0 Å². The maximum atomic E-state index is 4.77. The molecule has 0 saturated heterocycles. The Morgan fingerprint density at radius 3 is 1.88 bits per heavy atom. The second-order valence-electron chi connectivity index (χ2n) is 14.9. The number of rotatable bonds is 11. The van der Waals surface area contributed by atoms with Crippen LogP contribution in [0.15, 0.2) is 188 Å². The summed E-state index contributed by atoms with van der Waals surface area (Å²) in [6.07, 6.45) is 33.3. The number of para-hydroxylation sites is 1. The quantitative estimate of drug-likeness (QED) is 0.164. The lowest BCUT2D eigenvalue weighted by Gasteiger charge is -2.37. The van der Waals surface area contributed by atoms with Crippen LogP contribution in [0.2, 0.25) is 0 Å². The lowest BCUT2D eigenvalue weighted by Crippen LogP contribution is -2.34. The van der Waals surface area contributed by atoms with Gasteiger partial charge in [0.2, 0.25) is 0 Å². The Hall–Kier alpha value is -5.08. The monoisotopic (exact) mass is 883 g/mol. The molecular formula is C63H98N2. The molecule has 2 atom stereocenters. The number of benzene rings is 2. The third-order valence-electron chi connectivity index (χ3n) is 10.3. The summed E-state index contributed by atoms with van der Waals surface area (Å²) in [4.78, 5) is 4.73. The Bertz CT molecular complexity index is 1840. The largest absolute Gasteiger partial charge is 0.342 e. The average molecular weight is 883 g/mol. The summed E-state index contributed by atoms with van der Waals surface area (Å²) in [5.41, 5.74) is 14.4. The first-order valence-corrected chi connectivity index (χ1v) is 25.3. The Kier molecular flexibility index (Phi) is 39.9. The van der Waals surface area contributed by atoms with Gasteiger partial charge in [0.05, 0.1) is 0 Å². The molecule has 2 aliphatic carbocycles. The summed E-state index contributed by atoms with van der Waals surface area (Å²) in [7, 11) is 0. The predicted octanol–water partition coefficient (Wildman–Crippen LogP) is 20.5. The van der Waals surface area contributed by atoms with Gasteiger partial charge in [-0.25, -0.2) is 0 Å². The summed E-state index contributed by atoms with van der Waals surface area (Å²) < 4.78 is 0. The van der Waals surface area contributed by atoms with Crippen molar-refractivity contribution in [2.24, 2.45) is 5.92 Å². The normalized spacial score (nSPS) is 16.1. The molecule has 0 saturated carbocycles. The first-order chi connectivity index (χ1) is 31.6. The molecule has 0 N–H and O–H groups in total. The summed E-state index contributed by atoms with van der Waals surface area (Å²) in [5.74, 6) is 0.121. The van der Waals surface area contributed by atoms with Gasteiger partial charge in [-0.1, -0.05) is 214 Å². The van der Waals surface area contributed by atoms with Crippen LogP contribution >= 0.6 is 0 Å². The number of allylic oxidation sites excluding steroid dienone is 15. The molecule has 0 radical (unpaired) electrons. The standard InChI is InChI=1S/C46H52N2.C4H10.C3H8.4C2H6.C2H4/c1-9-36(6)47(44-25-15-12-16-26-44)38(8)41-30-40(31-42(32-41)46-34(4)20-19-21-35(46)5)33(3)28-29-43(10-2)48-37(7)22-13-11-14-23-39-24-17-18-27-45(39)48;1-3-4-2;1-3-2;5*1-2/h10-16,18-22,25-31,36,41H,3,7-9,17,23-24,32H2,1-2,4-6H3;3-4H2,1-2H3;3H2,1-2H3;4*1-2H3;1-2H2/b14-11-,22-13-,29-28-,43-10+;;;;;;;. The van der Waals surface area contributed by atoms with Crippen LogP contribution in [0.5, 0.6) is 0 Å². The van der Waals surface area contributed by atoms with Crippen molar-refractivity contribution in [3.63, 3.8) is 0 Å². The van der Waals surface area contributed by atoms with Gasteiger partial charge in [0.15, 0.2) is 0 Å².